The molecule has 0 spiro atoms. The SMILES string of the molecule is O=C(NN=Cc1ccco1)c1ccccc1OCc1ccccc1. The molecule has 24 heavy (non-hydrogen) atoms. The molecule has 2 aromatic carbocycles. The lowest BCUT2D eigenvalue weighted by molar-refractivity contribution is 0.0950. The van der Waals surface area contributed by atoms with Crippen LogP contribution in [0.5, 0.6) is 5.75 Å². The van der Waals surface area contributed by atoms with E-state index in [9.17, 15) is 4.79 Å². The average molecular weight is 320 g/mol. The van der Waals surface area contributed by atoms with E-state index >= 15 is 0 Å². The van der Waals surface area contributed by atoms with Gasteiger partial charge in [-0.3, -0.25) is 4.79 Å². The number of nitrogens with zero attached hydrogens (tertiary/aromatic N) is 1. The Hall–Kier alpha value is -3.34. The minimum absolute atomic E-state index is 0.346. The van der Waals surface area contributed by atoms with E-state index in [-0.39, 0.29) is 5.91 Å². The number of hydrazone groups is 1. The van der Waals surface area contributed by atoms with Crippen LogP contribution in [0.3, 0.4) is 0 Å². The van der Waals surface area contributed by atoms with E-state index in [2.05, 4.69) is 10.5 Å². The number of carbonyl (C=O) groups is 1. The summed E-state index contributed by atoms with van der Waals surface area (Å²) in [6.45, 7) is 0.390. The Balaban J connectivity index is 1.65. The average Bonchev–Trinajstić information content (AvgIpc) is 3.14. The van der Waals surface area contributed by atoms with Gasteiger partial charge in [0.1, 0.15) is 18.1 Å². The van der Waals surface area contributed by atoms with Crippen molar-refractivity contribution in [2.75, 3.05) is 0 Å². The highest BCUT2D eigenvalue weighted by Crippen LogP contribution is 2.19. The molecule has 0 unspecified atom stereocenters. The molecule has 0 saturated heterocycles. The van der Waals surface area contributed by atoms with Crippen LogP contribution in [0.15, 0.2) is 82.5 Å². The first-order valence-corrected chi connectivity index (χ1v) is 7.45. The van der Waals surface area contributed by atoms with Gasteiger partial charge in [-0.1, -0.05) is 42.5 Å². The summed E-state index contributed by atoms with van der Waals surface area (Å²) in [5, 5.41) is 3.88. The zero-order valence-electron chi connectivity index (χ0n) is 12.9. The molecule has 0 aliphatic carbocycles. The van der Waals surface area contributed by atoms with E-state index in [1.165, 1.54) is 12.5 Å². The van der Waals surface area contributed by atoms with Crippen LogP contribution >= 0.6 is 0 Å². The predicted molar refractivity (Wildman–Crippen MR) is 91.0 cm³/mol. The molecular weight excluding hydrogens is 304 g/mol. The fraction of sp³-hybridized carbons (Fsp3) is 0.0526. The molecule has 3 rings (SSSR count). The van der Waals surface area contributed by atoms with E-state index in [0.717, 1.165) is 5.56 Å². The zero-order chi connectivity index (χ0) is 16.6. The Morgan fingerprint density at radius 1 is 1.04 bits per heavy atom. The van der Waals surface area contributed by atoms with Gasteiger partial charge in [-0.2, -0.15) is 5.10 Å². The molecule has 1 amide bonds. The topological polar surface area (TPSA) is 63.8 Å². The monoisotopic (exact) mass is 320 g/mol. The first kappa shape index (κ1) is 15.6. The molecule has 0 bridgehead atoms. The van der Waals surface area contributed by atoms with Crippen LogP contribution < -0.4 is 10.2 Å². The molecule has 1 heterocycles. The smallest absolute Gasteiger partial charge is 0.275 e. The first-order valence-electron chi connectivity index (χ1n) is 7.45. The van der Waals surface area contributed by atoms with E-state index < -0.39 is 0 Å². The summed E-state index contributed by atoms with van der Waals surface area (Å²) in [7, 11) is 0. The second kappa shape index (κ2) is 7.78. The number of hydrogen-bond donors (Lipinski definition) is 1. The molecule has 1 N–H and O–H groups in total. The van der Waals surface area contributed by atoms with Crippen molar-refractivity contribution in [1.29, 1.82) is 0 Å². The standard InChI is InChI=1S/C19H16N2O3/c22-19(21-20-13-16-9-6-12-23-16)17-10-4-5-11-18(17)24-14-15-7-2-1-3-8-15/h1-13H,14H2,(H,21,22). The fourth-order valence-corrected chi connectivity index (χ4v) is 2.09. The third-order valence-corrected chi connectivity index (χ3v) is 3.27. The van der Waals surface area contributed by atoms with Gasteiger partial charge in [0.25, 0.3) is 5.91 Å². The lowest BCUT2D eigenvalue weighted by Gasteiger charge is -2.10. The van der Waals surface area contributed by atoms with Gasteiger partial charge in [0.05, 0.1) is 18.0 Å². The van der Waals surface area contributed by atoms with Gasteiger partial charge < -0.3 is 9.15 Å². The molecular formula is C19H16N2O3. The Labute approximate surface area is 139 Å². The van der Waals surface area contributed by atoms with Gasteiger partial charge in [-0.25, -0.2) is 5.43 Å². The zero-order valence-corrected chi connectivity index (χ0v) is 12.9. The third kappa shape index (κ3) is 4.10. The number of hydrogen-bond acceptors (Lipinski definition) is 4. The van der Waals surface area contributed by atoms with Crippen LogP contribution in [-0.4, -0.2) is 12.1 Å². The lowest BCUT2D eigenvalue weighted by Crippen LogP contribution is -2.18. The van der Waals surface area contributed by atoms with Crippen molar-refractivity contribution in [3.05, 3.63) is 89.9 Å². The van der Waals surface area contributed by atoms with Gasteiger partial charge >= 0.3 is 0 Å². The third-order valence-electron chi connectivity index (χ3n) is 3.27. The number of nitrogens with one attached hydrogen (secondary N) is 1. The molecule has 120 valence electrons. The van der Waals surface area contributed by atoms with Crippen molar-refractivity contribution in [2.24, 2.45) is 5.10 Å². The number of furan rings is 1. The summed E-state index contributed by atoms with van der Waals surface area (Å²) >= 11 is 0. The summed E-state index contributed by atoms with van der Waals surface area (Å²) in [6.07, 6.45) is 2.97. The number of para-hydroxylation sites is 1. The summed E-state index contributed by atoms with van der Waals surface area (Å²) in [5.41, 5.74) is 3.92. The molecule has 0 aliphatic heterocycles. The first-order chi connectivity index (χ1) is 11.8. The number of benzene rings is 2. The number of rotatable bonds is 6. The van der Waals surface area contributed by atoms with Gasteiger partial charge in [0.2, 0.25) is 0 Å². The van der Waals surface area contributed by atoms with E-state index in [0.29, 0.717) is 23.7 Å². The van der Waals surface area contributed by atoms with Gasteiger partial charge in [-0.05, 0) is 29.8 Å². The minimum Gasteiger partial charge on any atom is -0.488 e. The van der Waals surface area contributed by atoms with Crippen LogP contribution in [0, 0.1) is 0 Å². The largest absolute Gasteiger partial charge is 0.488 e. The minimum atomic E-state index is -0.346. The normalized spacial score (nSPS) is 10.7. The highest BCUT2D eigenvalue weighted by atomic mass is 16.5. The number of amides is 1. The summed E-state index contributed by atoms with van der Waals surface area (Å²) < 4.78 is 10.9. The molecule has 0 fully saturated rings. The van der Waals surface area contributed by atoms with Crippen LogP contribution in [-0.2, 0) is 6.61 Å². The molecule has 3 aromatic rings. The second-order valence-electron chi connectivity index (χ2n) is 4.98. The van der Waals surface area contributed by atoms with Crippen LogP contribution in [0.4, 0.5) is 0 Å². The summed E-state index contributed by atoms with van der Waals surface area (Å²) in [5.74, 6) is 0.720. The molecule has 0 atom stereocenters. The van der Waals surface area contributed by atoms with Crippen LogP contribution in [0.2, 0.25) is 0 Å². The van der Waals surface area contributed by atoms with Crippen molar-refractivity contribution in [3.8, 4) is 5.75 Å². The van der Waals surface area contributed by atoms with Gasteiger partial charge in [0.15, 0.2) is 0 Å². The maximum atomic E-state index is 12.3. The van der Waals surface area contributed by atoms with Crippen molar-refractivity contribution in [1.82, 2.24) is 5.43 Å². The van der Waals surface area contributed by atoms with E-state index in [1.54, 1.807) is 30.3 Å². The highest BCUT2D eigenvalue weighted by Gasteiger charge is 2.11. The number of ether oxygens (including phenoxy) is 1. The van der Waals surface area contributed by atoms with Crippen molar-refractivity contribution < 1.29 is 13.9 Å². The molecule has 0 aliphatic rings. The van der Waals surface area contributed by atoms with Gasteiger partial charge in [0, 0.05) is 0 Å². The maximum absolute atomic E-state index is 12.3. The van der Waals surface area contributed by atoms with E-state index in [4.69, 9.17) is 9.15 Å². The van der Waals surface area contributed by atoms with Crippen molar-refractivity contribution in [2.45, 2.75) is 6.61 Å². The Morgan fingerprint density at radius 3 is 2.62 bits per heavy atom. The van der Waals surface area contributed by atoms with Crippen molar-refractivity contribution >= 4 is 12.1 Å². The van der Waals surface area contributed by atoms with E-state index in [1.807, 2.05) is 36.4 Å². The molecule has 5 nitrogen and oxygen atoms in total. The quantitative estimate of drug-likeness (QED) is 0.557. The second-order valence-corrected chi connectivity index (χ2v) is 4.98. The van der Waals surface area contributed by atoms with Crippen LogP contribution in [0.1, 0.15) is 21.7 Å². The Morgan fingerprint density at radius 2 is 1.83 bits per heavy atom. The summed E-state index contributed by atoms with van der Waals surface area (Å²) in [4.78, 5) is 12.3. The maximum Gasteiger partial charge on any atom is 0.275 e. The molecule has 1 aromatic heterocycles. The van der Waals surface area contributed by atoms with Crippen molar-refractivity contribution in [3.63, 3.8) is 0 Å². The predicted octanol–water partition coefficient (Wildman–Crippen LogP) is 3.62. The van der Waals surface area contributed by atoms with Crippen LogP contribution in [0.25, 0.3) is 0 Å². The molecule has 5 heteroatoms. The molecule has 0 saturated carbocycles. The molecule has 0 radical (unpaired) electrons. The van der Waals surface area contributed by atoms with Gasteiger partial charge in [-0.15, -0.1) is 0 Å². The highest BCUT2D eigenvalue weighted by molar-refractivity contribution is 5.97. The number of carbonyl (C=O) groups excluding carboxylic acids is 1. The Kier molecular flexibility index (Phi) is 5.04. The fourth-order valence-electron chi connectivity index (χ4n) is 2.09. The Bertz CT molecular complexity index is 812. The summed E-state index contributed by atoms with van der Waals surface area (Å²) in [6, 6.07) is 20.3. The lowest BCUT2D eigenvalue weighted by atomic mass is 10.2.